The minimum atomic E-state index is -3.93. The van der Waals surface area contributed by atoms with E-state index >= 15 is 0 Å². The Morgan fingerprint density at radius 2 is 2.05 bits per heavy atom. The molecule has 21 heavy (non-hydrogen) atoms. The molecule has 1 aromatic heterocycles. The van der Waals surface area contributed by atoms with E-state index in [2.05, 4.69) is 0 Å². The molecule has 2 rings (SSSR count). The molecule has 0 saturated heterocycles. The lowest BCUT2D eigenvalue weighted by Gasteiger charge is -2.17. The summed E-state index contributed by atoms with van der Waals surface area (Å²) < 4.78 is 45.0. The predicted molar refractivity (Wildman–Crippen MR) is 76.4 cm³/mol. The topological polar surface area (TPSA) is 76.5 Å². The Morgan fingerprint density at radius 3 is 2.62 bits per heavy atom. The maximum atomic E-state index is 13.9. The number of nitrogens with zero attached hydrogens (tertiary/aromatic N) is 1. The van der Waals surface area contributed by atoms with Gasteiger partial charge in [-0.3, -0.25) is 0 Å². The van der Waals surface area contributed by atoms with E-state index in [0.717, 1.165) is 15.9 Å². The van der Waals surface area contributed by atoms with Gasteiger partial charge in [-0.2, -0.15) is 4.31 Å². The molecule has 0 bridgehead atoms. The van der Waals surface area contributed by atoms with E-state index in [0.29, 0.717) is 11.3 Å². The van der Waals surface area contributed by atoms with Crippen molar-refractivity contribution in [3.05, 3.63) is 53.2 Å². The zero-order chi connectivity index (χ0) is 15.6. The molecule has 0 aliphatic carbocycles. The summed E-state index contributed by atoms with van der Waals surface area (Å²) >= 11 is 0. The van der Waals surface area contributed by atoms with Gasteiger partial charge in [-0.1, -0.05) is 6.07 Å². The Morgan fingerprint density at radius 1 is 1.33 bits per heavy atom. The third-order valence-electron chi connectivity index (χ3n) is 3.28. The van der Waals surface area contributed by atoms with Crippen molar-refractivity contribution in [2.75, 3.05) is 7.05 Å². The molecule has 0 unspecified atom stereocenters. The molecule has 2 N–H and O–H groups in total. The molecule has 0 amide bonds. The number of aryl methyl sites for hydroxylation is 1. The second-order valence-electron chi connectivity index (χ2n) is 4.73. The third kappa shape index (κ3) is 3.15. The highest BCUT2D eigenvalue weighted by atomic mass is 32.2. The highest BCUT2D eigenvalue weighted by Crippen LogP contribution is 2.22. The lowest BCUT2D eigenvalue weighted by atomic mass is 10.2. The first kappa shape index (κ1) is 15.7. The van der Waals surface area contributed by atoms with Gasteiger partial charge in [-0.05, 0) is 30.7 Å². The standard InChI is InChI=1S/C14H17FN2O3S/c1-10-12(5-6-20-10)9-17(2)21(18,19)14-7-11(8-16)3-4-13(14)15/h3-7H,8-9,16H2,1-2H3. The minimum Gasteiger partial charge on any atom is -0.469 e. The molecule has 2 aromatic rings. The van der Waals surface area contributed by atoms with E-state index in [4.69, 9.17) is 10.2 Å². The summed E-state index contributed by atoms with van der Waals surface area (Å²) in [4.78, 5) is -0.367. The van der Waals surface area contributed by atoms with Crippen LogP contribution in [-0.2, 0) is 23.1 Å². The smallest absolute Gasteiger partial charge is 0.246 e. The average molecular weight is 312 g/mol. The number of benzene rings is 1. The lowest BCUT2D eigenvalue weighted by Crippen LogP contribution is -2.27. The number of furan rings is 1. The average Bonchev–Trinajstić information content (AvgIpc) is 2.84. The highest BCUT2D eigenvalue weighted by molar-refractivity contribution is 7.89. The Hall–Kier alpha value is -1.70. The molecule has 5 nitrogen and oxygen atoms in total. The van der Waals surface area contributed by atoms with Gasteiger partial charge in [0.2, 0.25) is 10.0 Å². The van der Waals surface area contributed by atoms with Gasteiger partial charge in [0.15, 0.2) is 0 Å². The molecule has 0 spiro atoms. The second-order valence-corrected chi connectivity index (χ2v) is 6.75. The van der Waals surface area contributed by atoms with Crippen LogP contribution >= 0.6 is 0 Å². The van der Waals surface area contributed by atoms with Crippen LogP contribution in [0.5, 0.6) is 0 Å². The van der Waals surface area contributed by atoms with Crippen LogP contribution < -0.4 is 5.73 Å². The van der Waals surface area contributed by atoms with Crippen molar-refractivity contribution in [3.63, 3.8) is 0 Å². The van der Waals surface area contributed by atoms with Crippen molar-refractivity contribution in [1.82, 2.24) is 4.31 Å². The van der Waals surface area contributed by atoms with Crippen LogP contribution in [0.3, 0.4) is 0 Å². The number of nitrogens with two attached hydrogens (primary N) is 1. The molecule has 0 fully saturated rings. The number of rotatable bonds is 5. The van der Waals surface area contributed by atoms with Gasteiger partial charge in [0.1, 0.15) is 16.5 Å². The molecule has 0 atom stereocenters. The summed E-state index contributed by atoms with van der Waals surface area (Å²) in [5.41, 5.74) is 6.77. The highest BCUT2D eigenvalue weighted by Gasteiger charge is 2.25. The van der Waals surface area contributed by atoms with Crippen LogP contribution in [0.25, 0.3) is 0 Å². The second kappa shape index (κ2) is 5.97. The number of sulfonamides is 1. The monoisotopic (exact) mass is 312 g/mol. The summed E-state index contributed by atoms with van der Waals surface area (Å²) in [5, 5.41) is 0. The van der Waals surface area contributed by atoms with Crippen LogP contribution in [0.15, 0.2) is 39.8 Å². The van der Waals surface area contributed by atoms with Gasteiger partial charge in [-0.15, -0.1) is 0 Å². The third-order valence-corrected chi connectivity index (χ3v) is 5.10. The quantitative estimate of drug-likeness (QED) is 0.916. The summed E-state index contributed by atoms with van der Waals surface area (Å²) in [6.45, 7) is 2.00. The SMILES string of the molecule is Cc1occc1CN(C)S(=O)(=O)c1cc(CN)ccc1F. The van der Waals surface area contributed by atoms with Crippen molar-refractivity contribution in [3.8, 4) is 0 Å². The molecule has 0 saturated carbocycles. The van der Waals surface area contributed by atoms with Crippen LogP contribution in [0, 0.1) is 12.7 Å². The first-order valence-electron chi connectivity index (χ1n) is 6.34. The van der Waals surface area contributed by atoms with Crippen molar-refractivity contribution >= 4 is 10.0 Å². The van der Waals surface area contributed by atoms with Gasteiger partial charge < -0.3 is 10.2 Å². The van der Waals surface area contributed by atoms with Crippen LogP contribution in [0.4, 0.5) is 4.39 Å². The van der Waals surface area contributed by atoms with Crippen molar-refractivity contribution in [1.29, 1.82) is 0 Å². The van der Waals surface area contributed by atoms with E-state index in [1.165, 1.54) is 25.4 Å². The normalized spacial score (nSPS) is 12.0. The van der Waals surface area contributed by atoms with E-state index in [9.17, 15) is 12.8 Å². The maximum Gasteiger partial charge on any atom is 0.246 e. The molecule has 0 aliphatic rings. The Kier molecular flexibility index (Phi) is 4.46. The van der Waals surface area contributed by atoms with E-state index in [-0.39, 0.29) is 18.0 Å². The molecule has 0 aliphatic heterocycles. The maximum absolute atomic E-state index is 13.9. The van der Waals surface area contributed by atoms with Gasteiger partial charge in [-0.25, -0.2) is 12.8 Å². The van der Waals surface area contributed by atoms with Gasteiger partial charge in [0, 0.05) is 25.7 Å². The fourth-order valence-electron chi connectivity index (χ4n) is 1.94. The Balaban J connectivity index is 2.35. The van der Waals surface area contributed by atoms with E-state index in [1.54, 1.807) is 13.0 Å². The summed E-state index contributed by atoms with van der Waals surface area (Å²) in [7, 11) is -2.53. The molecular weight excluding hydrogens is 295 g/mol. The Labute approximate surface area is 123 Å². The zero-order valence-electron chi connectivity index (χ0n) is 11.8. The summed E-state index contributed by atoms with van der Waals surface area (Å²) in [6, 6.07) is 5.54. The number of hydrogen-bond acceptors (Lipinski definition) is 4. The summed E-state index contributed by atoms with van der Waals surface area (Å²) in [5.74, 6) is -0.156. The Bertz CT molecular complexity index is 740. The molecule has 1 heterocycles. The first-order valence-corrected chi connectivity index (χ1v) is 7.78. The van der Waals surface area contributed by atoms with Gasteiger partial charge in [0.25, 0.3) is 0 Å². The lowest BCUT2D eigenvalue weighted by molar-refractivity contribution is 0.453. The van der Waals surface area contributed by atoms with Gasteiger partial charge >= 0.3 is 0 Å². The minimum absolute atomic E-state index is 0.108. The van der Waals surface area contributed by atoms with Crippen LogP contribution in [-0.4, -0.2) is 19.8 Å². The fraction of sp³-hybridized carbons (Fsp3) is 0.286. The number of hydrogen-bond donors (Lipinski definition) is 1. The van der Waals surface area contributed by atoms with Crippen molar-refractivity contribution in [2.45, 2.75) is 24.9 Å². The first-order chi connectivity index (χ1) is 9.86. The predicted octanol–water partition coefficient (Wildman–Crippen LogP) is 2.01. The van der Waals surface area contributed by atoms with Crippen LogP contribution in [0.2, 0.25) is 0 Å². The summed E-state index contributed by atoms with van der Waals surface area (Å²) in [6.07, 6.45) is 1.49. The van der Waals surface area contributed by atoms with Gasteiger partial charge in [0.05, 0.1) is 6.26 Å². The molecule has 7 heteroatoms. The molecular formula is C14H17FN2O3S. The largest absolute Gasteiger partial charge is 0.469 e. The molecule has 114 valence electrons. The zero-order valence-corrected chi connectivity index (χ0v) is 12.7. The van der Waals surface area contributed by atoms with Crippen LogP contribution in [0.1, 0.15) is 16.9 Å². The molecule has 1 aromatic carbocycles. The van der Waals surface area contributed by atoms with Crippen molar-refractivity contribution < 1.29 is 17.2 Å². The molecule has 0 radical (unpaired) electrons. The van der Waals surface area contributed by atoms with E-state index in [1.807, 2.05) is 0 Å². The van der Waals surface area contributed by atoms with Crippen molar-refractivity contribution in [2.24, 2.45) is 5.73 Å². The van der Waals surface area contributed by atoms with E-state index < -0.39 is 15.8 Å². The number of halogens is 1. The fourth-order valence-corrected chi connectivity index (χ4v) is 3.20.